The van der Waals surface area contributed by atoms with Crippen LogP contribution in [-0.2, 0) is 6.42 Å². The molecule has 0 aliphatic carbocycles. The van der Waals surface area contributed by atoms with Gasteiger partial charge < -0.3 is 5.32 Å². The molecule has 0 aliphatic rings. The van der Waals surface area contributed by atoms with Crippen molar-refractivity contribution in [1.82, 2.24) is 9.97 Å². The van der Waals surface area contributed by atoms with Gasteiger partial charge in [-0.1, -0.05) is 30.3 Å². The molecule has 2 aromatic rings. The van der Waals surface area contributed by atoms with Crippen molar-refractivity contribution in [3.8, 4) is 6.07 Å². The van der Waals surface area contributed by atoms with Crippen LogP contribution in [0.2, 0.25) is 0 Å². The van der Waals surface area contributed by atoms with Gasteiger partial charge in [-0.15, -0.1) is 0 Å². The number of rotatable bonds is 4. The number of hydrogen-bond acceptors (Lipinski definition) is 4. The first-order valence-corrected chi connectivity index (χ1v) is 5.57. The molecule has 0 aliphatic heterocycles. The second kappa shape index (κ2) is 5.64. The number of hydrogen-bond donors (Lipinski definition) is 2. The standard InChI is InChI=1S/C13H12N4O/c14-9-11-8-12(17-13(18)16-11)15-7-6-10-4-2-1-3-5-10/h1-5,8H,6-7H2,(H2,15,16,17,18). The third-order valence-corrected chi connectivity index (χ3v) is 2.43. The average molecular weight is 240 g/mol. The van der Waals surface area contributed by atoms with Gasteiger partial charge in [0.05, 0.1) is 0 Å². The zero-order chi connectivity index (χ0) is 12.8. The molecule has 0 unspecified atom stereocenters. The van der Waals surface area contributed by atoms with E-state index in [0.29, 0.717) is 12.4 Å². The largest absolute Gasteiger partial charge is 0.369 e. The summed E-state index contributed by atoms with van der Waals surface area (Å²) in [5, 5.41) is 11.7. The molecule has 0 saturated carbocycles. The van der Waals surface area contributed by atoms with Crippen LogP contribution in [0.15, 0.2) is 41.2 Å². The van der Waals surface area contributed by atoms with Gasteiger partial charge >= 0.3 is 5.69 Å². The Morgan fingerprint density at radius 2 is 2.11 bits per heavy atom. The summed E-state index contributed by atoms with van der Waals surface area (Å²) in [5.41, 5.74) is 0.892. The van der Waals surface area contributed by atoms with Crippen LogP contribution >= 0.6 is 0 Å². The average Bonchev–Trinajstić information content (AvgIpc) is 2.39. The van der Waals surface area contributed by atoms with Crippen LogP contribution < -0.4 is 11.0 Å². The lowest BCUT2D eigenvalue weighted by Crippen LogP contribution is -2.16. The molecule has 18 heavy (non-hydrogen) atoms. The van der Waals surface area contributed by atoms with E-state index in [2.05, 4.69) is 15.3 Å². The van der Waals surface area contributed by atoms with Gasteiger partial charge in [-0.2, -0.15) is 10.2 Å². The van der Waals surface area contributed by atoms with Gasteiger partial charge in [0, 0.05) is 12.6 Å². The summed E-state index contributed by atoms with van der Waals surface area (Å²) in [6.45, 7) is 0.658. The zero-order valence-corrected chi connectivity index (χ0v) is 9.68. The van der Waals surface area contributed by atoms with Gasteiger partial charge in [0.25, 0.3) is 0 Å². The first kappa shape index (κ1) is 11.9. The van der Waals surface area contributed by atoms with Crippen molar-refractivity contribution in [3.63, 3.8) is 0 Å². The maximum absolute atomic E-state index is 11.1. The van der Waals surface area contributed by atoms with Crippen LogP contribution in [0, 0.1) is 11.3 Å². The highest BCUT2D eigenvalue weighted by molar-refractivity contribution is 5.38. The lowest BCUT2D eigenvalue weighted by molar-refractivity contribution is 0.980. The predicted molar refractivity (Wildman–Crippen MR) is 68.2 cm³/mol. The van der Waals surface area contributed by atoms with Crippen LogP contribution in [-0.4, -0.2) is 16.5 Å². The highest BCUT2D eigenvalue weighted by Crippen LogP contribution is 2.03. The number of H-pyrrole nitrogens is 1. The van der Waals surface area contributed by atoms with E-state index < -0.39 is 5.69 Å². The Hall–Kier alpha value is -2.61. The van der Waals surface area contributed by atoms with Crippen LogP contribution in [0.3, 0.4) is 0 Å². The Morgan fingerprint density at radius 1 is 1.33 bits per heavy atom. The van der Waals surface area contributed by atoms with E-state index in [0.717, 1.165) is 6.42 Å². The molecule has 1 aromatic heterocycles. The molecule has 2 rings (SSSR count). The molecular weight excluding hydrogens is 228 g/mol. The van der Waals surface area contributed by atoms with Crippen LogP contribution in [0.1, 0.15) is 11.3 Å². The van der Waals surface area contributed by atoms with Crippen molar-refractivity contribution in [2.75, 3.05) is 11.9 Å². The van der Waals surface area contributed by atoms with Crippen molar-refractivity contribution in [1.29, 1.82) is 5.26 Å². The Bertz CT molecular complexity index is 613. The Morgan fingerprint density at radius 3 is 2.83 bits per heavy atom. The number of aromatic amines is 1. The summed E-state index contributed by atoms with van der Waals surface area (Å²) < 4.78 is 0. The van der Waals surface area contributed by atoms with Crippen LogP contribution in [0.4, 0.5) is 5.82 Å². The Balaban J connectivity index is 1.97. The molecule has 0 saturated heterocycles. The third kappa shape index (κ3) is 3.19. The Kier molecular flexibility index (Phi) is 3.72. The van der Waals surface area contributed by atoms with Gasteiger partial charge in [-0.05, 0) is 12.0 Å². The van der Waals surface area contributed by atoms with E-state index in [-0.39, 0.29) is 5.69 Å². The normalized spacial score (nSPS) is 9.72. The van der Waals surface area contributed by atoms with E-state index in [1.165, 1.54) is 11.6 Å². The zero-order valence-electron chi connectivity index (χ0n) is 9.68. The number of nitriles is 1. The van der Waals surface area contributed by atoms with Gasteiger partial charge in [0.1, 0.15) is 17.6 Å². The fraction of sp³-hybridized carbons (Fsp3) is 0.154. The van der Waals surface area contributed by atoms with E-state index in [1.54, 1.807) is 0 Å². The van der Waals surface area contributed by atoms with Gasteiger partial charge in [0.15, 0.2) is 0 Å². The molecule has 2 N–H and O–H groups in total. The maximum Gasteiger partial charge on any atom is 0.347 e. The number of nitrogens with zero attached hydrogens (tertiary/aromatic N) is 2. The molecule has 0 spiro atoms. The summed E-state index contributed by atoms with van der Waals surface area (Å²) in [5.74, 6) is 0.422. The molecule has 0 bridgehead atoms. The quantitative estimate of drug-likeness (QED) is 0.843. The van der Waals surface area contributed by atoms with Gasteiger partial charge in [-0.25, -0.2) is 4.79 Å². The summed E-state index contributed by atoms with van der Waals surface area (Å²) in [4.78, 5) is 17.2. The molecule has 0 atom stereocenters. The fourth-order valence-corrected chi connectivity index (χ4v) is 1.59. The number of anilines is 1. The van der Waals surface area contributed by atoms with Gasteiger partial charge in [-0.3, -0.25) is 4.98 Å². The molecule has 1 heterocycles. The summed E-state index contributed by atoms with van der Waals surface area (Å²) in [7, 11) is 0. The van der Waals surface area contributed by atoms with E-state index >= 15 is 0 Å². The summed E-state index contributed by atoms with van der Waals surface area (Å²) >= 11 is 0. The van der Waals surface area contributed by atoms with Crippen molar-refractivity contribution < 1.29 is 0 Å². The molecule has 5 nitrogen and oxygen atoms in total. The predicted octanol–water partition coefficient (Wildman–Crippen LogP) is 1.30. The first-order chi connectivity index (χ1) is 8.78. The summed E-state index contributed by atoms with van der Waals surface area (Å²) in [6, 6.07) is 13.4. The van der Waals surface area contributed by atoms with Gasteiger partial charge in [0.2, 0.25) is 0 Å². The van der Waals surface area contributed by atoms with Crippen molar-refractivity contribution >= 4 is 5.82 Å². The topological polar surface area (TPSA) is 81.6 Å². The van der Waals surface area contributed by atoms with E-state index in [1.807, 2.05) is 36.4 Å². The minimum atomic E-state index is -0.517. The lowest BCUT2D eigenvalue weighted by atomic mass is 10.1. The SMILES string of the molecule is N#Cc1cc(NCCc2ccccc2)nc(=O)[nH]1. The number of benzene rings is 1. The van der Waals surface area contributed by atoms with Crippen molar-refractivity contribution in [2.24, 2.45) is 0 Å². The molecule has 90 valence electrons. The smallest absolute Gasteiger partial charge is 0.347 e. The van der Waals surface area contributed by atoms with E-state index in [4.69, 9.17) is 5.26 Å². The maximum atomic E-state index is 11.1. The van der Waals surface area contributed by atoms with E-state index in [9.17, 15) is 4.79 Å². The number of aromatic nitrogens is 2. The molecule has 1 aromatic carbocycles. The van der Waals surface area contributed by atoms with Crippen molar-refractivity contribution in [2.45, 2.75) is 6.42 Å². The highest BCUT2D eigenvalue weighted by Gasteiger charge is 1.99. The molecule has 0 fully saturated rings. The highest BCUT2D eigenvalue weighted by atomic mass is 16.1. The van der Waals surface area contributed by atoms with Crippen LogP contribution in [0.25, 0.3) is 0 Å². The molecular formula is C13H12N4O. The Labute approximate surface area is 104 Å². The fourth-order valence-electron chi connectivity index (χ4n) is 1.59. The molecule has 0 amide bonds. The first-order valence-electron chi connectivity index (χ1n) is 5.57. The minimum Gasteiger partial charge on any atom is -0.369 e. The second-order valence-corrected chi connectivity index (χ2v) is 3.76. The molecule has 5 heteroatoms. The van der Waals surface area contributed by atoms with Crippen molar-refractivity contribution in [3.05, 3.63) is 58.1 Å². The minimum absolute atomic E-state index is 0.206. The summed E-state index contributed by atoms with van der Waals surface area (Å²) in [6.07, 6.45) is 0.831. The monoisotopic (exact) mass is 240 g/mol. The number of nitrogens with one attached hydrogen (secondary N) is 2. The molecule has 0 radical (unpaired) electrons. The van der Waals surface area contributed by atoms with Crippen LogP contribution in [0.5, 0.6) is 0 Å². The lowest BCUT2D eigenvalue weighted by Gasteiger charge is -2.05. The third-order valence-electron chi connectivity index (χ3n) is 2.43. The second-order valence-electron chi connectivity index (χ2n) is 3.76.